The molecule has 0 aliphatic heterocycles. The predicted octanol–water partition coefficient (Wildman–Crippen LogP) is 4.16. The van der Waals surface area contributed by atoms with Crippen LogP contribution in [0.3, 0.4) is 0 Å². The van der Waals surface area contributed by atoms with Crippen molar-refractivity contribution in [3.05, 3.63) is 89.4 Å². The number of hydrogen-bond acceptors (Lipinski definition) is 5. The average Bonchev–Trinajstić information content (AvgIpc) is 3.15. The normalized spacial score (nSPS) is 10.9. The van der Waals surface area contributed by atoms with Crippen LogP contribution in [0, 0.1) is 18.6 Å². The van der Waals surface area contributed by atoms with Gasteiger partial charge in [0.2, 0.25) is 0 Å². The standard InChI is InChI=1S/C24H22F2N4O3/c1-15-22(24(32)29-17-9-7-16(8-10-17)27-11-13-31)30-12-3-6-21(23(30)28-15)33-14-18-19(25)4-2-5-20(18)26/h2-10,12,27,31H,11,13-14H2,1H3,(H,29,32). The number of pyridine rings is 1. The van der Waals surface area contributed by atoms with Gasteiger partial charge in [0.1, 0.15) is 23.9 Å². The van der Waals surface area contributed by atoms with Gasteiger partial charge >= 0.3 is 0 Å². The van der Waals surface area contributed by atoms with Gasteiger partial charge in [-0.05, 0) is 55.5 Å². The molecule has 0 bridgehead atoms. The third kappa shape index (κ3) is 4.78. The molecule has 170 valence electrons. The number of carbonyl (C=O) groups excluding carboxylic acids is 1. The Balaban J connectivity index is 1.55. The van der Waals surface area contributed by atoms with E-state index < -0.39 is 11.6 Å². The Morgan fingerprint density at radius 3 is 2.45 bits per heavy atom. The van der Waals surface area contributed by atoms with E-state index in [1.54, 1.807) is 53.9 Å². The van der Waals surface area contributed by atoms with E-state index in [0.29, 0.717) is 35.0 Å². The van der Waals surface area contributed by atoms with E-state index in [2.05, 4.69) is 15.6 Å². The first-order valence-corrected chi connectivity index (χ1v) is 10.3. The fourth-order valence-corrected chi connectivity index (χ4v) is 3.42. The third-order valence-corrected chi connectivity index (χ3v) is 5.02. The number of benzene rings is 2. The molecule has 0 radical (unpaired) electrons. The van der Waals surface area contributed by atoms with Crippen LogP contribution in [-0.4, -0.2) is 33.6 Å². The fourth-order valence-electron chi connectivity index (χ4n) is 3.42. The van der Waals surface area contributed by atoms with Crippen molar-refractivity contribution in [3.8, 4) is 5.75 Å². The molecule has 4 aromatic rings. The topological polar surface area (TPSA) is 87.9 Å². The summed E-state index contributed by atoms with van der Waals surface area (Å²) in [6, 6.07) is 14.0. The third-order valence-electron chi connectivity index (χ3n) is 5.02. The van der Waals surface area contributed by atoms with Gasteiger partial charge < -0.3 is 20.5 Å². The molecule has 2 aromatic heterocycles. The number of halogens is 2. The van der Waals surface area contributed by atoms with E-state index in [4.69, 9.17) is 9.84 Å². The molecular formula is C24H22F2N4O3. The first-order valence-electron chi connectivity index (χ1n) is 10.3. The Morgan fingerprint density at radius 1 is 1.06 bits per heavy atom. The largest absolute Gasteiger partial charge is 0.485 e. The average molecular weight is 452 g/mol. The number of nitrogens with zero attached hydrogens (tertiary/aromatic N) is 2. The molecule has 9 heteroatoms. The van der Waals surface area contributed by atoms with Crippen LogP contribution in [0.15, 0.2) is 60.8 Å². The van der Waals surface area contributed by atoms with Crippen molar-refractivity contribution in [2.45, 2.75) is 13.5 Å². The van der Waals surface area contributed by atoms with Crippen molar-refractivity contribution in [1.82, 2.24) is 9.38 Å². The number of rotatable bonds is 8. The van der Waals surface area contributed by atoms with Crippen molar-refractivity contribution >= 4 is 22.9 Å². The second kappa shape index (κ2) is 9.66. The van der Waals surface area contributed by atoms with Crippen molar-refractivity contribution in [3.63, 3.8) is 0 Å². The number of aliphatic hydroxyl groups is 1. The molecule has 7 nitrogen and oxygen atoms in total. The van der Waals surface area contributed by atoms with E-state index in [1.807, 2.05) is 0 Å². The molecule has 0 saturated carbocycles. The molecule has 0 atom stereocenters. The van der Waals surface area contributed by atoms with Gasteiger partial charge in [-0.1, -0.05) is 6.07 Å². The first-order chi connectivity index (χ1) is 16.0. The van der Waals surface area contributed by atoms with Gasteiger partial charge in [-0.2, -0.15) is 0 Å². The van der Waals surface area contributed by atoms with Crippen LogP contribution in [0.1, 0.15) is 21.7 Å². The Hall–Kier alpha value is -3.98. The van der Waals surface area contributed by atoms with Gasteiger partial charge in [0, 0.05) is 24.1 Å². The molecule has 0 unspecified atom stereocenters. The highest BCUT2D eigenvalue weighted by Gasteiger charge is 2.19. The van der Waals surface area contributed by atoms with Crippen LogP contribution in [0.2, 0.25) is 0 Å². The minimum Gasteiger partial charge on any atom is -0.485 e. The SMILES string of the molecule is Cc1nc2c(OCc3c(F)cccc3F)cccn2c1C(=O)Nc1ccc(NCCO)cc1. The highest BCUT2D eigenvalue weighted by Crippen LogP contribution is 2.25. The lowest BCUT2D eigenvalue weighted by Crippen LogP contribution is -2.15. The number of amides is 1. The summed E-state index contributed by atoms with van der Waals surface area (Å²) in [7, 11) is 0. The predicted molar refractivity (Wildman–Crippen MR) is 121 cm³/mol. The number of hydrogen-bond donors (Lipinski definition) is 3. The second-order valence-electron chi connectivity index (χ2n) is 7.28. The molecular weight excluding hydrogens is 430 g/mol. The zero-order chi connectivity index (χ0) is 23.4. The maximum Gasteiger partial charge on any atom is 0.274 e. The molecule has 0 saturated heterocycles. The molecule has 0 spiro atoms. The van der Waals surface area contributed by atoms with Gasteiger partial charge in [-0.25, -0.2) is 13.8 Å². The quantitative estimate of drug-likeness (QED) is 0.374. The number of ether oxygens (including phenoxy) is 1. The van der Waals surface area contributed by atoms with Gasteiger partial charge in [0.25, 0.3) is 5.91 Å². The molecule has 0 aliphatic rings. The number of fused-ring (bicyclic) bond motifs is 1. The lowest BCUT2D eigenvalue weighted by Gasteiger charge is -2.10. The lowest BCUT2D eigenvalue weighted by molar-refractivity contribution is 0.102. The lowest BCUT2D eigenvalue weighted by atomic mass is 10.2. The molecule has 1 amide bonds. The van der Waals surface area contributed by atoms with Gasteiger partial charge in [0.05, 0.1) is 17.9 Å². The summed E-state index contributed by atoms with van der Waals surface area (Å²) in [6.45, 7) is 1.83. The number of nitrogens with one attached hydrogen (secondary N) is 2. The number of imidazole rings is 1. The summed E-state index contributed by atoms with van der Waals surface area (Å²) in [6.07, 6.45) is 1.67. The van der Waals surface area contributed by atoms with E-state index >= 15 is 0 Å². The molecule has 4 rings (SSSR count). The van der Waals surface area contributed by atoms with Crippen LogP contribution >= 0.6 is 0 Å². The molecule has 33 heavy (non-hydrogen) atoms. The summed E-state index contributed by atoms with van der Waals surface area (Å²) in [5, 5.41) is 14.8. The fraction of sp³-hybridized carbons (Fsp3) is 0.167. The summed E-state index contributed by atoms with van der Waals surface area (Å²) in [4.78, 5) is 17.4. The number of aromatic nitrogens is 2. The zero-order valence-electron chi connectivity index (χ0n) is 17.8. The monoisotopic (exact) mass is 452 g/mol. The van der Waals surface area contributed by atoms with Crippen LogP contribution in [0.25, 0.3) is 5.65 Å². The van der Waals surface area contributed by atoms with Gasteiger partial charge in [-0.3, -0.25) is 9.20 Å². The smallest absolute Gasteiger partial charge is 0.274 e. The second-order valence-corrected chi connectivity index (χ2v) is 7.28. The minimum absolute atomic E-state index is 0.0208. The summed E-state index contributed by atoms with van der Waals surface area (Å²) < 4.78 is 35.1. The molecule has 0 aliphatic carbocycles. The van der Waals surface area contributed by atoms with E-state index in [1.165, 1.54) is 18.2 Å². The van der Waals surface area contributed by atoms with E-state index in [9.17, 15) is 13.6 Å². The molecule has 0 fully saturated rings. The van der Waals surface area contributed by atoms with Crippen LogP contribution in [0.5, 0.6) is 5.75 Å². The number of aryl methyl sites for hydroxylation is 1. The van der Waals surface area contributed by atoms with Crippen LogP contribution in [-0.2, 0) is 6.61 Å². The molecule has 2 aromatic carbocycles. The maximum atomic E-state index is 13.9. The highest BCUT2D eigenvalue weighted by molar-refractivity contribution is 6.04. The number of aliphatic hydroxyl groups excluding tert-OH is 1. The number of anilines is 2. The van der Waals surface area contributed by atoms with Crippen molar-refractivity contribution in [2.24, 2.45) is 0 Å². The Labute approximate surface area is 188 Å². The molecule has 3 N–H and O–H groups in total. The zero-order valence-corrected chi connectivity index (χ0v) is 17.8. The maximum absolute atomic E-state index is 13.9. The van der Waals surface area contributed by atoms with Crippen molar-refractivity contribution in [2.75, 3.05) is 23.8 Å². The highest BCUT2D eigenvalue weighted by atomic mass is 19.1. The van der Waals surface area contributed by atoms with E-state index in [0.717, 1.165) is 5.69 Å². The summed E-state index contributed by atoms with van der Waals surface area (Å²) >= 11 is 0. The van der Waals surface area contributed by atoms with Crippen LogP contribution in [0.4, 0.5) is 20.2 Å². The summed E-state index contributed by atoms with van der Waals surface area (Å²) in [5.41, 5.74) is 2.38. The Morgan fingerprint density at radius 2 is 1.76 bits per heavy atom. The van der Waals surface area contributed by atoms with Crippen molar-refractivity contribution < 1.29 is 23.4 Å². The Bertz CT molecular complexity index is 1270. The first kappa shape index (κ1) is 22.2. The number of carbonyl (C=O) groups is 1. The van der Waals surface area contributed by atoms with Crippen molar-refractivity contribution in [1.29, 1.82) is 0 Å². The van der Waals surface area contributed by atoms with Crippen LogP contribution < -0.4 is 15.4 Å². The molecule has 2 heterocycles. The minimum atomic E-state index is -0.695. The Kier molecular flexibility index (Phi) is 6.50. The van der Waals surface area contributed by atoms with E-state index in [-0.39, 0.29) is 24.7 Å². The summed E-state index contributed by atoms with van der Waals surface area (Å²) in [5.74, 6) is -1.46. The van der Waals surface area contributed by atoms with Gasteiger partial charge in [0.15, 0.2) is 11.4 Å². The van der Waals surface area contributed by atoms with Gasteiger partial charge in [-0.15, -0.1) is 0 Å².